The van der Waals surface area contributed by atoms with Crippen molar-refractivity contribution in [2.45, 2.75) is 25.9 Å². The molecule has 0 aliphatic carbocycles. The van der Waals surface area contributed by atoms with Gasteiger partial charge in [-0.2, -0.15) is 0 Å². The number of hydrogen-bond acceptors (Lipinski definition) is 2. The summed E-state index contributed by atoms with van der Waals surface area (Å²) in [5, 5.41) is 3.40. The van der Waals surface area contributed by atoms with Crippen LogP contribution in [0.3, 0.4) is 0 Å². The normalized spacial score (nSPS) is 14.1. The van der Waals surface area contributed by atoms with Crippen LogP contribution in [0.15, 0.2) is 59.6 Å². The molecule has 2 aromatic rings. The Bertz CT molecular complexity index is 760. The fourth-order valence-electron chi connectivity index (χ4n) is 3.00. The number of nitrogens with zero attached hydrogens (tertiary/aromatic N) is 3. The molecule has 1 fully saturated rings. The van der Waals surface area contributed by atoms with Crippen LogP contribution < -0.4 is 10.2 Å². The zero-order valence-electron chi connectivity index (χ0n) is 15.9. The first-order valence-corrected chi connectivity index (χ1v) is 9.02. The molecule has 3 rings (SSSR count). The minimum Gasteiger partial charge on any atom is -0.352 e. The molecule has 5 nitrogen and oxygen atoms in total. The van der Waals surface area contributed by atoms with E-state index in [1.807, 2.05) is 54.2 Å². The van der Waals surface area contributed by atoms with E-state index in [1.165, 1.54) is 5.56 Å². The van der Waals surface area contributed by atoms with Crippen molar-refractivity contribution in [3.8, 4) is 0 Å². The van der Waals surface area contributed by atoms with Crippen molar-refractivity contribution in [1.82, 2.24) is 10.2 Å². The third-order valence-corrected chi connectivity index (χ3v) is 4.45. The first-order chi connectivity index (χ1) is 12.6. The number of carbonyl (C=O) groups is 1. The Balaban J connectivity index is 0.00000261. The maximum absolute atomic E-state index is 11.8. The van der Waals surface area contributed by atoms with Crippen LogP contribution in [0, 0.1) is 0 Å². The maximum atomic E-state index is 11.8. The van der Waals surface area contributed by atoms with E-state index < -0.39 is 0 Å². The number of rotatable bonds is 5. The Kier molecular flexibility index (Phi) is 8.09. The van der Waals surface area contributed by atoms with Gasteiger partial charge in [-0.25, -0.2) is 4.99 Å². The monoisotopic (exact) mass is 478 g/mol. The fourth-order valence-corrected chi connectivity index (χ4v) is 3.00. The minimum atomic E-state index is 0. The Morgan fingerprint density at radius 2 is 1.78 bits per heavy atom. The summed E-state index contributed by atoms with van der Waals surface area (Å²) in [5.74, 6) is 1.08. The highest BCUT2D eigenvalue weighted by Gasteiger charge is 2.21. The van der Waals surface area contributed by atoms with Gasteiger partial charge < -0.3 is 15.1 Å². The lowest BCUT2D eigenvalue weighted by Crippen LogP contribution is -2.36. The predicted octanol–water partition coefficient (Wildman–Crippen LogP) is 3.64. The summed E-state index contributed by atoms with van der Waals surface area (Å²) >= 11 is 0. The molecule has 0 unspecified atom stereocenters. The van der Waals surface area contributed by atoms with E-state index in [4.69, 9.17) is 0 Å². The van der Waals surface area contributed by atoms with E-state index in [-0.39, 0.29) is 29.9 Å². The molecule has 1 aliphatic heterocycles. The van der Waals surface area contributed by atoms with E-state index in [1.54, 1.807) is 0 Å². The van der Waals surface area contributed by atoms with Crippen LogP contribution in [0.4, 0.5) is 5.69 Å². The first kappa shape index (κ1) is 21.2. The number of hydrogen-bond donors (Lipinski definition) is 1. The van der Waals surface area contributed by atoms with Crippen molar-refractivity contribution >= 4 is 41.5 Å². The summed E-state index contributed by atoms with van der Waals surface area (Å²) in [7, 11) is 3.97. The molecule has 1 aliphatic rings. The smallest absolute Gasteiger partial charge is 0.227 e. The molecular weight excluding hydrogens is 451 g/mol. The molecule has 1 amide bonds. The SMILES string of the molecule is CN(C)C(=NCc1ccccc1)NCc1ccc(N2CCCC2=O)cc1.I. The first-order valence-electron chi connectivity index (χ1n) is 9.02. The average Bonchev–Trinajstić information content (AvgIpc) is 3.09. The average molecular weight is 478 g/mol. The standard InChI is InChI=1S/C21H26N4O.HI/c1-24(2)21(22-15-17-7-4-3-5-8-17)23-16-18-10-12-19(13-11-18)25-14-6-9-20(25)26;/h3-5,7-8,10-13H,6,9,14-16H2,1-2H3,(H,22,23);1H. The van der Waals surface area contributed by atoms with Crippen molar-refractivity contribution in [3.63, 3.8) is 0 Å². The molecule has 27 heavy (non-hydrogen) atoms. The number of guanidine groups is 1. The summed E-state index contributed by atoms with van der Waals surface area (Å²) in [6.07, 6.45) is 1.61. The number of nitrogens with one attached hydrogen (secondary N) is 1. The van der Waals surface area contributed by atoms with Crippen molar-refractivity contribution in [2.75, 3.05) is 25.5 Å². The van der Waals surface area contributed by atoms with Crippen LogP contribution >= 0.6 is 24.0 Å². The van der Waals surface area contributed by atoms with Gasteiger partial charge in [-0.15, -0.1) is 24.0 Å². The molecule has 1 N–H and O–H groups in total. The number of amides is 1. The van der Waals surface area contributed by atoms with Crippen molar-refractivity contribution < 1.29 is 4.79 Å². The minimum absolute atomic E-state index is 0. The van der Waals surface area contributed by atoms with Gasteiger partial charge in [0, 0.05) is 39.3 Å². The molecule has 0 radical (unpaired) electrons. The Morgan fingerprint density at radius 1 is 1.07 bits per heavy atom. The molecule has 0 spiro atoms. The van der Waals surface area contributed by atoms with Crippen LogP contribution in [0.2, 0.25) is 0 Å². The molecule has 0 bridgehead atoms. The van der Waals surface area contributed by atoms with Crippen molar-refractivity contribution in [3.05, 3.63) is 65.7 Å². The summed E-state index contributed by atoms with van der Waals surface area (Å²) in [4.78, 5) is 20.4. The predicted molar refractivity (Wildman–Crippen MR) is 122 cm³/mol. The van der Waals surface area contributed by atoms with Gasteiger partial charge in [0.25, 0.3) is 0 Å². The summed E-state index contributed by atoms with van der Waals surface area (Å²) in [5.41, 5.74) is 3.34. The lowest BCUT2D eigenvalue weighted by molar-refractivity contribution is -0.117. The van der Waals surface area contributed by atoms with Crippen molar-refractivity contribution in [1.29, 1.82) is 0 Å². The number of aliphatic imine (C=N–C) groups is 1. The molecular formula is C21H27IN4O. The Hall–Kier alpha value is -2.09. The zero-order chi connectivity index (χ0) is 18.4. The number of halogens is 1. The highest BCUT2D eigenvalue weighted by molar-refractivity contribution is 14.0. The van der Waals surface area contributed by atoms with Crippen LogP contribution in [0.1, 0.15) is 24.0 Å². The second-order valence-electron chi connectivity index (χ2n) is 6.69. The quantitative estimate of drug-likeness (QED) is 0.406. The van der Waals surface area contributed by atoms with Gasteiger partial charge in [0.05, 0.1) is 6.54 Å². The third kappa shape index (κ3) is 5.95. The molecule has 1 saturated heterocycles. The summed E-state index contributed by atoms with van der Waals surface area (Å²) < 4.78 is 0. The number of carbonyl (C=O) groups excluding carboxylic acids is 1. The Labute approximate surface area is 178 Å². The summed E-state index contributed by atoms with van der Waals surface area (Å²) in [6, 6.07) is 18.4. The lowest BCUT2D eigenvalue weighted by atomic mass is 10.2. The van der Waals surface area contributed by atoms with Gasteiger partial charge in [-0.3, -0.25) is 4.79 Å². The molecule has 0 atom stereocenters. The van der Waals surface area contributed by atoms with Crippen molar-refractivity contribution in [2.24, 2.45) is 4.99 Å². The van der Waals surface area contributed by atoms with E-state index in [9.17, 15) is 4.79 Å². The molecule has 144 valence electrons. The van der Waals surface area contributed by atoms with Gasteiger partial charge in [-0.05, 0) is 29.7 Å². The highest BCUT2D eigenvalue weighted by atomic mass is 127. The number of benzene rings is 2. The van der Waals surface area contributed by atoms with E-state index >= 15 is 0 Å². The zero-order valence-corrected chi connectivity index (χ0v) is 18.2. The lowest BCUT2D eigenvalue weighted by Gasteiger charge is -2.19. The second-order valence-corrected chi connectivity index (χ2v) is 6.69. The molecule has 2 aromatic carbocycles. The van der Waals surface area contributed by atoms with Gasteiger partial charge in [0.1, 0.15) is 0 Å². The van der Waals surface area contributed by atoms with E-state index in [0.717, 1.165) is 30.2 Å². The maximum Gasteiger partial charge on any atom is 0.227 e. The van der Waals surface area contributed by atoms with Gasteiger partial charge in [-0.1, -0.05) is 42.5 Å². The van der Waals surface area contributed by atoms with E-state index in [0.29, 0.717) is 19.5 Å². The third-order valence-electron chi connectivity index (χ3n) is 4.45. The fraction of sp³-hybridized carbons (Fsp3) is 0.333. The van der Waals surface area contributed by atoms with E-state index in [2.05, 4.69) is 34.6 Å². The molecule has 6 heteroatoms. The number of anilines is 1. The van der Waals surface area contributed by atoms with Crippen LogP contribution in [0.25, 0.3) is 0 Å². The van der Waals surface area contributed by atoms with Gasteiger partial charge in [0.2, 0.25) is 5.91 Å². The largest absolute Gasteiger partial charge is 0.352 e. The van der Waals surface area contributed by atoms with Crippen LogP contribution in [0.5, 0.6) is 0 Å². The summed E-state index contributed by atoms with van der Waals surface area (Å²) in [6.45, 7) is 2.17. The van der Waals surface area contributed by atoms with Gasteiger partial charge in [0.15, 0.2) is 5.96 Å². The van der Waals surface area contributed by atoms with Crippen LogP contribution in [-0.4, -0.2) is 37.4 Å². The highest BCUT2D eigenvalue weighted by Crippen LogP contribution is 2.21. The van der Waals surface area contributed by atoms with Crippen LogP contribution in [-0.2, 0) is 17.9 Å². The van der Waals surface area contributed by atoms with Gasteiger partial charge >= 0.3 is 0 Å². The topological polar surface area (TPSA) is 47.9 Å². The Morgan fingerprint density at radius 3 is 2.37 bits per heavy atom. The second kappa shape index (κ2) is 10.3. The molecule has 0 saturated carbocycles. The molecule has 0 aromatic heterocycles. The molecule has 1 heterocycles.